The average Bonchev–Trinajstić information content (AvgIpc) is 2.91. The topological polar surface area (TPSA) is 38.3 Å². The third-order valence-electron chi connectivity index (χ3n) is 2.66. The van der Waals surface area contributed by atoms with Crippen molar-refractivity contribution in [2.45, 2.75) is 31.9 Å². The minimum Gasteiger partial charge on any atom is -0.376 e. The lowest BCUT2D eigenvalue weighted by atomic mass is 10.1. The van der Waals surface area contributed by atoms with E-state index in [0.29, 0.717) is 0 Å². The third-order valence-corrected chi connectivity index (χ3v) is 3.35. The third kappa shape index (κ3) is 2.58. The Hall–Kier alpha value is -0.870. The number of carbonyl (C=O) groups excluding carboxylic acids is 1. The summed E-state index contributed by atoms with van der Waals surface area (Å²) in [5.41, 5.74) is 0.741. The lowest BCUT2D eigenvalue weighted by molar-refractivity contribution is 0.0712. The molecule has 0 radical (unpaired) electrons. The molecule has 2 atom stereocenters. The molecule has 0 bridgehead atoms. The van der Waals surface area contributed by atoms with Crippen LogP contribution in [0, 0.1) is 0 Å². The fourth-order valence-electron chi connectivity index (χ4n) is 1.77. The van der Waals surface area contributed by atoms with Gasteiger partial charge in [-0.2, -0.15) is 11.3 Å². The molecule has 0 saturated carbocycles. The Bertz CT molecular complexity index is 317. The number of hydrogen-bond donors (Lipinski definition) is 1. The van der Waals surface area contributed by atoms with Crippen molar-refractivity contribution in [1.29, 1.82) is 0 Å². The first-order valence-electron chi connectivity index (χ1n) is 5.22. The van der Waals surface area contributed by atoms with E-state index in [2.05, 4.69) is 5.32 Å². The number of rotatable bonds is 3. The number of hydrogen-bond acceptors (Lipinski definition) is 3. The van der Waals surface area contributed by atoms with Gasteiger partial charge in [0.15, 0.2) is 0 Å². The highest BCUT2D eigenvalue weighted by molar-refractivity contribution is 7.08. The fourth-order valence-corrected chi connectivity index (χ4v) is 2.41. The Balaban J connectivity index is 1.88. The molecular weight excluding hydrogens is 210 g/mol. The van der Waals surface area contributed by atoms with Crippen LogP contribution < -0.4 is 5.32 Å². The molecule has 1 aliphatic heterocycles. The summed E-state index contributed by atoms with van der Waals surface area (Å²) in [5, 5.41) is 6.73. The molecule has 0 aromatic carbocycles. The molecule has 1 aromatic heterocycles. The molecule has 0 unspecified atom stereocenters. The zero-order valence-corrected chi connectivity index (χ0v) is 9.55. The largest absolute Gasteiger partial charge is 0.376 e. The average molecular weight is 225 g/mol. The molecule has 1 fully saturated rings. The van der Waals surface area contributed by atoms with Gasteiger partial charge < -0.3 is 10.1 Å². The summed E-state index contributed by atoms with van der Waals surface area (Å²) in [4.78, 5) is 11.7. The summed E-state index contributed by atoms with van der Waals surface area (Å²) >= 11 is 1.54. The molecule has 0 spiro atoms. The monoisotopic (exact) mass is 225 g/mol. The minimum absolute atomic E-state index is 0.000694. The maximum absolute atomic E-state index is 11.7. The van der Waals surface area contributed by atoms with E-state index in [9.17, 15) is 4.79 Å². The number of thiophene rings is 1. The number of ether oxygens (including phenoxy) is 1. The summed E-state index contributed by atoms with van der Waals surface area (Å²) in [6, 6.07) is 1.93. The Morgan fingerprint density at radius 2 is 2.60 bits per heavy atom. The molecule has 82 valence electrons. The van der Waals surface area contributed by atoms with Gasteiger partial charge >= 0.3 is 0 Å². The van der Waals surface area contributed by atoms with Crippen molar-refractivity contribution in [3.05, 3.63) is 22.4 Å². The second kappa shape index (κ2) is 4.77. The van der Waals surface area contributed by atoms with Gasteiger partial charge in [0.05, 0.1) is 12.1 Å². The Morgan fingerprint density at radius 3 is 3.20 bits per heavy atom. The summed E-state index contributed by atoms with van der Waals surface area (Å²) in [5.74, 6) is -0.000694. The lowest BCUT2D eigenvalue weighted by Gasteiger charge is -2.19. The van der Waals surface area contributed by atoms with Crippen molar-refractivity contribution in [3.63, 3.8) is 0 Å². The van der Waals surface area contributed by atoms with Crippen LogP contribution >= 0.6 is 11.3 Å². The molecule has 4 heteroatoms. The minimum atomic E-state index is -0.000694. The van der Waals surface area contributed by atoms with Crippen LogP contribution in [0.4, 0.5) is 0 Å². The van der Waals surface area contributed by atoms with E-state index in [1.54, 1.807) is 0 Å². The second-order valence-electron chi connectivity index (χ2n) is 3.83. The van der Waals surface area contributed by atoms with Gasteiger partial charge in [0.1, 0.15) is 0 Å². The maximum atomic E-state index is 11.7. The van der Waals surface area contributed by atoms with Crippen LogP contribution in [0.5, 0.6) is 0 Å². The summed E-state index contributed by atoms with van der Waals surface area (Å²) in [6.45, 7) is 2.82. The molecule has 2 rings (SSSR count). The van der Waals surface area contributed by atoms with Crippen LogP contribution in [-0.4, -0.2) is 24.7 Å². The molecule has 1 N–H and O–H groups in total. The second-order valence-corrected chi connectivity index (χ2v) is 4.61. The van der Waals surface area contributed by atoms with E-state index >= 15 is 0 Å². The zero-order valence-electron chi connectivity index (χ0n) is 8.73. The number of nitrogens with one attached hydrogen (secondary N) is 1. The van der Waals surface area contributed by atoms with Gasteiger partial charge in [-0.15, -0.1) is 0 Å². The lowest BCUT2D eigenvalue weighted by Crippen LogP contribution is -2.40. The van der Waals surface area contributed by atoms with E-state index < -0.39 is 0 Å². The smallest absolute Gasteiger partial charge is 0.252 e. The fraction of sp³-hybridized carbons (Fsp3) is 0.545. The first-order valence-corrected chi connectivity index (χ1v) is 6.16. The van der Waals surface area contributed by atoms with Crippen LogP contribution in [0.3, 0.4) is 0 Å². The van der Waals surface area contributed by atoms with E-state index in [0.717, 1.165) is 25.0 Å². The van der Waals surface area contributed by atoms with Crippen LogP contribution in [-0.2, 0) is 4.74 Å². The molecule has 1 aliphatic rings. The van der Waals surface area contributed by atoms with Gasteiger partial charge in [-0.05, 0) is 31.2 Å². The molecule has 1 aromatic rings. The van der Waals surface area contributed by atoms with Gasteiger partial charge in [-0.1, -0.05) is 0 Å². The quantitative estimate of drug-likeness (QED) is 0.855. The summed E-state index contributed by atoms with van der Waals surface area (Å²) in [6.07, 6.45) is 2.33. The first-order chi connectivity index (χ1) is 7.27. The molecule has 3 nitrogen and oxygen atoms in total. The van der Waals surface area contributed by atoms with Crippen LogP contribution in [0.2, 0.25) is 0 Å². The van der Waals surface area contributed by atoms with Gasteiger partial charge in [0, 0.05) is 17.6 Å². The van der Waals surface area contributed by atoms with Gasteiger partial charge in [0.25, 0.3) is 5.91 Å². The van der Waals surface area contributed by atoms with Crippen molar-refractivity contribution in [3.8, 4) is 0 Å². The molecule has 15 heavy (non-hydrogen) atoms. The van der Waals surface area contributed by atoms with Crippen molar-refractivity contribution >= 4 is 17.2 Å². The Morgan fingerprint density at radius 1 is 1.73 bits per heavy atom. The van der Waals surface area contributed by atoms with Crippen LogP contribution in [0.1, 0.15) is 30.1 Å². The van der Waals surface area contributed by atoms with Gasteiger partial charge in [0.2, 0.25) is 0 Å². The summed E-state index contributed by atoms with van der Waals surface area (Å²) in [7, 11) is 0. The van der Waals surface area contributed by atoms with Crippen molar-refractivity contribution in [1.82, 2.24) is 5.32 Å². The van der Waals surface area contributed by atoms with E-state index in [-0.39, 0.29) is 18.1 Å². The molecule has 0 aliphatic carbocycles. The predicted molar refractivity (Wildman–Crippen MR) is 60.2 cm³/mol. The predicted octanol–water partition coefficient (Wildman–Crippen LogP) is 2.05. The molecule has 1 amide bonds. The van der Waals surface area contributed by atoms with Crippen molar-refractivity contribution < 1.29 is 9.53 Å². The van der Waals surface area contributed by atoms with Gasteiger partial charge in [-0.25, -0.2) is 0 Å². The SMILES string of the molecule is C[C@H](NC(=O)c1ccsc1)[C@@H]1CCCO1. The highest BCUT2D eigenvalue weighted by atomic mass is 32.1. The zero-order chi connectivity index (χ0) is 10.7. The van der Waals surface area contributed by atoms with E-state index in [4.69, 9.17) is 4.74 Å². The highest BCUT2D eigenvalue weighted by Crippen LogP contribution is 2.16. The Kier molecular flexibility index (Phi) is 3.38. The van der Waals surface area contributed by atoms with Gasteiger partial charge in [-0.3, -0.25) is 4.79 Å². The molecule has 1 saturated heterocycles. The maximum Gasteiger partial charge on any atom is 0.252 e. The first kappa shape index (κ1) is 10.6. The highest BCUT2D eigenvalue weighted by Gasteiger charge is 2.23. The standard InChI is InChI=1S/C11H15NO2S/c1-8(10-3-2-5-14-10)12-11(13)9-4-6-15-7-9/h4,6-8,10H,2-3,5H2,1H3,(H,12,13)/t8-,10-/m0/s1. The van der Waals surface area contributed by atoms with Crippen molar-refractivity contribution in [2.24, 2.45) is 0 Å². The van der Waals surface area contributed by atoms with Crippen molar-refractivity contribution in [2.75, 3.05) is 6.61 Å². The summed E-state index contributed by atoms with van der Waals surface area (Å²) < 4.78 is 5.52. The normalized spacial score (nSPS) is 22.6. The number of carbonyl (C=O) groups is 1. The molecule has 2 heterocycles. The number of amides is 1. The van der Waals surface area contributed by atoms with Crippen LogP contribution in [0.25, 0.3) is 0 Å². The van der Waals surface area contributed by atoms with Crippen LogP contribution in [0.15, 0.2) is 16.8 Å². The Labute approximate surface area is 93.4 Å². The van der Waals surface area contributed by atoms with E-state index in [1.165, 1.54) is 11.3 Å². The molecular formula is C11H15NO2S. The van der Waals surface area contributed by atoms with E-state index in [1.807, 2.05) is 23.8 Å².